The van der Waals surface area contributed by atoms with E-state index in [0.29, 0.717) is 43.1 Å². The Labute approximate surface area is 280 Å². The number of para-hydroxylation sites is 1. The summed E-state index contributed by atoms with van der Waals surface area (Å²) in [5.41, 5.74) is 4.16. The molecule has 0 saturated carbocycles. The van der Waals surface area contributed by atoms with E-state index in [1.807, 2.05) is 97.1 Å². The number of rotatable bonds is 9. The lowest BCUT2D eigenvalue weighted by Crippen LogP contribution is -2.44. The van der Waals surface area contributed by atoms with Crippen LogP contribution >= 0.6 is 0 Å². The molecule has 2 N–H and O–H groups in total. The Hall–Kier alpha value is -5.70. The van der Waals surface area contributed by atoms with Gasteiger partial charge in [0.05, 0.1) is 6.42 Å². The van der Waals surface area contributed by atoms with Crippen LogP contribution in [0.4, 0.5) is 16.2 Å². The number of anilines is 2. The zero-order valence-electron chi connectivity index (χ0n) is 26.6. The first-order valence-electron chi connectivity index (χ1n) is 16.3. The van der Waals surface area contributed by atoms with Gasteiger partial charge in [-0.2, -0.15) is 0 Å². The Balaban J connectivity index is 0.985. The van der Waals surface area contributed by atoms with E-state index in [2.05, 4.69) is 10.6 Å². The maximum Gasteiger partial charge on any atom is 0.415 e. The third-order valence-corrected chi connectivity index (χ3v) is 8.64. The van der Waals surface area contributed by atoms with Crippen LogP contribution in [0.1, 0.15) is 42.4 Å². The minimum atomic E-state index is -0.590. The van der Waals surface area contributed by atoms with Crippen LogP contribution in [0.2, 0.25) is 0 Å². The Morgan fingerprint density at radius 3 is 1.65 bits per heavy atom. The number of hydrogen-bond donors (Lipinski definition) is 2. The summed E-state index contributed by atoms with van der Waals surface area (Å²) in [6.45, 7) is 1.06. The molecule has 0 unspecified atom stereocenters. The number of likely N-dealkylation sites (tertiary alicyclic amines) is 2. The van der Waals surface area contributed by atoms with Gasteiger partial charge in [-0.3, -0.25) is 19.3 Å². The van der Waals surface area contributed by atoms with Gasteiger partial charge < -0.3 is 20.3 Å². The molecule has 4 amide bonds. The summed E-state index contributed by atoms with van der Waals surface area (Å²) in [6.07, 6.45) is 6.46. The maximum absolute atomic E-state index is 13.1. The summed E-state index contributed by atoms with van der Waals surface area (Å²) in [5.74, 6) is 0.000579. The lowest BCUT2D eigenvalue weighted by Gasteiger charge is -2.24. The molecule has 2 atom stereocenters. The van der Waals surface area contributed by atoms with Gasteiger partial charge in [0, 0.05) is 24.5 Å². The lowest BCUT2D eigenvalue weighted by molar-refractivity contribution is -0.136. The minimum Gasteiger partial charge on any atom is -0.410 e. The SMILES string of the molecule is O=C(Nc1ccc(/C=C/c2ccc(NC(=O)[C@@H]3CCCN3C(=O)Oc3ccccc3)cc2)cc1)[C@@H]1CCCN1C(=O)Cc1ccccc1. The second-order valence-electron chi connectivity index (χ2n) is 12.0. The first-order valence-corrected chi connectivity index (χ1v) is 16.3. The zero-order chi connectivity index (χ0) is 33.3. The van der Waals surface area contributed by atoms with Gasteiger partial charge in [-0.1, -0.05) is 84.9 Å². The van der Waals surface area contributed by atoms with Gasteiger partial charge in [0.15, 0.2) is 0 Å². The van der Waals surface area contributed by atoms with E-state index < -0.39 is 18.2 Å². The first kappa shape index (κ1) is 32.2. The Morgan fingerprint density at radius 1 is 0.625 bits per heavy atom. The molecule has 0 radical (unpaired) electrons. The molecule has 2 aliphatic heterocycles. The molecule has 244 valence electrons. The van der Waals surface area contributed by atoms with E-state index in [1.165, 1.54) is 4.90 Å². The fourth-order valence-electron chi connectivity index (χ4n) is 6.11. The van der Waals surface area contributed by atoms with Crippen molar-refractivity contribution in [2.75, 3.05) is 23.7 Å². The van der Waals surface area contributed by atoms with Gasteiger partial charge in [-0.15, -0.1) is 0 Å². The normalized spacial score (nSPS) is 17.3. The van der Waals surface area contributed by atoms with Crippen LogP contribution in [0.5, 0.6) is 5.75 Å². The summed E-state index contributed by atoms with van der Waals surface area (Å²) in [4.78, 5) is 54.9. The van der Waals surface area contributed by atoms with Crippen molar-refractivity contribution in [2.45, 2.75) is 44.2 Å². The molecule has 9 heteroatoms. The molecule has 0 aromatic heterocycles. The Bertz CT molecular complexity index is 1630. The van der Waals surface area contributed by atoms with Crippen LogP contribution in [0.15, 0.2) is 109 Å². The van der Waals surface area contributed by atoms with Gasteiger partial charge in [0.1, 0.15) is 17.8 Å². The standard InChI is InChI=1S/C39H38N4O5/c44-36(27-30-9-3-1-4-10-30)42-25-7-13-34(42)37(45)40-31-21-17-28(18-22-31)15-16-29-19-23-32(24-20-29)41-38(46)35-14-8-26-43(35)39(47)48-33-11-5-2-6-12-33/h1-6,9-12,15-24,34-35H,7-8,13-14,25-27H2,(H,40,45)(H,41,46)/b16-15+/t34-,35-/m0/s1. The van der Waals surface area contributed by atoms with Crippen molar-refractivity contribution in [3.63, 3.8) is 0 Å². The molecular weight excluding hydrogens is 604 g/mol. The van der Waals surface area contributed by atoms with Gasteiger partial charge in [-0.25, -0.2) is 4.79 Å². The number of amides is 4. The number of carbonyl (C=O) groups is 4. The molecule has 2 aliphatic rings. The van der Waals surface area contributed by atoms with Gasteiger partial charge in [0.2, 0.25) is 17.7 Å². The Morgan fingerprint density at radius 2 is 1.10 bits per heavy atom. The highest BCUT2D eigenvalue weighted by atomic mass is 16.6. The largest absolute Gasteiger partial charge is 0.415 e. The second kappa shape index (κ2) is 15.3. The van der Waals surface area contributed by atoms with Crippen molar-refractivity contribution in [1.82, 2.24) is 9.80 Å². The summed E-state index contributed by atoms with van der Waals surface area (Å²) in [6, 6.07) is 32.4. The maximum atomic E-state index is 13.1. The number of carbonyl (C=O) groups excluding carboxylic acids is 4. The lowest BCUT2D eigenvalue weighted by atomic mass is 10.1. The number of ether oxygens (including phenoxy) is 1. The quantitative estimate of drug-likeness (QED) is 0.199. The van der Waals surface area contributed by atoms with Crippen molar-refractivity contribution in [3.8, 4) is 5.75 Å². The molecule has 4 aromatic rings. The highest BCUT2D eigenvalue weighted by molar-refractivity contribution is 5.98. The number of hydrogen-bond acceptors (Lipinski definition) is 5. The van der Waals surface area contributed by atoms with Crippen LogP contribution in [0.25, 0.3) is 12.2 Å². The topological polar surface area (TPSA) is 108 Å². The van der Waals surface area contributed by atoms with Crippen LogP contribution < -0.4 is 15.4 Å². The third-order valence-electron chi connectivity index (χ3n) is 8.64. The van der Waals surface area contributed by atoms with E-state index >= 15 is 0 Å². The van der Waals surface area contributed by atoms with E-state index in [4.69, 9.17) is 4.74 Å². The summed E-state index contributed by atoms with van der Waals surface area (Å²) < 4.78 is 5.45. The van der Waals surface area contributed by atoms with E-state index in [-0.39, 0.29) is 24.1 Å². The van der Waals surface area contributed by atoms with Gasteiger partial charge >= 0.3 is 6.09 Å². The number of nitrogens with one attached hydrogen (secondary N) is 2. The fraction of sp³-hybridized carbons (Fsp3) is 0.231. The predicted octanol–water partition coefficient (Wildman–Crippen LogP) is 6.63. The molecule has 4 aromatic carbocycles. The molecule has 0 spiro atoms. The van der Waals surface area contributed by atoms with Crippen molar-refractivity contribution in [2.24, 2.45) is 0 Å². The third kappa shape index (κ3) is 8.17. The average molecular weight is 643 g/mol. The summed E-state index contributed by atoms with van der Waals surface area (Å²) in [5, 5.41) is 5.90. The van der Waals surface area contributed by atoms with Crippen LogP contribution in [0, 0.1) is 0 Å². The van der Waals surface area contributed by atoms with Gasteiger partial charge in [0.25, 0.3) is 0 Å². The second-order valence-corrected chi connectivity index (χ2v) is 12.0. The summed E-state index contributed by atoms with van der Waals surface area (Å²) >= 11 is 0. The molecule has 9 nitrogen and oxygen atoms in total. The summed E-state index contributed by atoms with van der Waals surface area (Å²) in [7, 11) is 0. The van der Waals surface area contributed by atoms with Crippen molar-refractivity contribution in [1.29, 1.82) is 0 Å². The molecule has 48 heavy (non-hydrogen) atoms. The monoisotopic (exact) mass is 642 g/mol. The smallest absolute Gasteiger partial charge is 0.410 e. The number of benzene rings is 4. The molecule has 0 bridgehead atoms. The van der Waals surface area contributed by atoms with Crippen molar-refractivity contribution >= 4 is 47.3 Å². The van der Waals surface area contributed by atoms with E-state index in [0.717, 1.165) is 29.5 Å². The van der Waals surface area contributed by atoms with Crippen LogP contribution in [-0.4, -0.2) is 58.8 Å². The molecule has 0 aliphatic carbocycles. The fourth-order valence-corrected chi connectivity index (χ4v) is 6.11. The van der Waals surface area contributed by atoms with Crippen LogP contribution in [0.3, 0.4) is 0 Å². The zero-order valence-corrected chi connectivity index (χ0v) is 26.6. The van der Waals surface area contributed by atoms with Crippen LogP contribution in [-0.2, 0) is 20.8 Å². The molecule has 2 heterocycles. The molecule has 2 saturated heterocycles. The van der Waals surface area contributed by atoms with Crippen molar-refractivity contribution in [3.05, 3.63) is 126 Å². The Kier molecular flexibility index (Phi) is 10.3. The average Bonchev–Trinajstić information content (AvgIpc) is 3.81. The van der Waals surface area contributed by atoms with Crippen molar-refractivity contribution < 1.29 is 23.9 Å². The number of nitrogens with zero attached hydrogens (tertiary/aromatic N) is 2. The molecule has 6 rings (SSSR count). The molecular formula is C39H38N4O5. The van der Waals surface area contributed by atoms with E-state index in [1.54, 1.807) is 29.2 Å². The minimum absolute atomic E-state index is 0.0312. The first-order chi connectivity index (χ1) is 23.4. The highest BCUT2D eigenvalue weighted by Gasteiger charge is 2.36. The predicted molar refractivity (Wildman–Crippen MR) is 186 cm³/mol. The van der Waals surface area contributed by atoms with E-state index in [9.17, 15) is 19.2 Å². The molecule has 2 fully saturated rings. The van der Waals surface area contributed by atoms with Gasteiger partial charge in [-0.05, 0) is 78.8 Å². The highest BCUT2D eigenvalue weighted by Crippen LogP contribution is 2.24.